The molecule has 0 atom stereocenters. The van der Waals surface area contributed by atoms with Crippen LogP contribution in [0.25, 0.3) is 0 Å². The number of unbranched alkanes of at least 4 members (excludes halogenated alkanes) is 14. The Bertz CT molecular complexity index is 487. The molecule has 0 unspecified atom stereocenters. The molecule has 0 bridgehead atoms. The molecule has 0 aromatic heterocycles. The Labute approximate surface area is 226 Å². The van der Waals surface area contributed by atoms with Crippen LogP contribution in [0.3, 0.4) is 0 Å². The molecule has 0 aromatic carbocycles. The zero-order valence-corrected chi connectivity index (χ0v) is 23.7. The normalized spacial score (nSPS) is 11.2. The van der Waals surface area contributed by atoms with Crippen LogP contribution in [0, 0.1) is 0 Å². The average molecular weight is 533 g/mol. The number of esters is 1. The van der Waals surface area contributed by atoms with E-state index in [1.807, 2.05) is 0 Å². The third kappa shape index (κ3) is 32.8. The van der Waals surface area contributed by atoms with Crippen molar-refractivity contribution < 1.29 is 38.4 Å². The lowest BCUT2D eigenvalue weighted by Crippen LogP contribution is -2.14. The lowest BCUT2D eigenvalue weighted by atomic mass is 10.0. The molecule has 1 N–H and O–H groups in total. The number of hydrogen-bond donors (Lipinski definition) is 1. The van der Waals surface area contributed by atoms with Crippen LogP contribution in [0.1, 0.15) is 116 Å². The SMILES string of the molecule is CCCCCCCCCCCCCCCCCC(=O)OCCOCCOCCOCCOCCC(=O)O. The fraction of sp³-hybridized carbons (Fsp3) is 0.931. The molecule has 220 valence electrons. The minimum atomic E-state index is -0.870. The van der Waals surface area contributed by atoms with Gasteiger partial charge in [-0.15, -0.1) is 0 Å². The van der Waals surface area contributed by atoms with E-state index in [4.69, 9.17) is 28.8 Å². The Kier molecular flexibility index (Phi) is 30.0. The molecule has 0 saturated heterocycles. The maximum atomic E-state index is 11.8. The maximum absolute atomic E-state index is 11.8. The lowest BCUT2D eigenvalue weighted by molar-refractivity contribution is -0.145. The minimum absolute atomic E-state index is 0.00183. The second kappa shape index (κ2) is 31.0. The summed E-state index contributed by atoms with van der Waals surface area (Å²) in [5.41, 5.74) is 0. The number of carbonyl (C=O) groups is 2. The van der Waals surface area contributed by atoms with E-state index < -0.39 is 5.97 Å². The van der Waals surface area contributed by atoms with E-state index in [1.165, 1.54) is 83.5 Å². The Balaban J connectivity index is 3.15. The maximum Gasteiger partial charge on any atom is 0.305 e. The lowest BCUT2D eigenvalue weighted by Gasteiger charge is -2.08. The number of ether oxygens (including phenoxy) is 5. The van der Waals surface area contributed by atoms with Gasteiger partial charge in [0.15, 0.2) is 0 Å². The second-order valence-electron chi connectivity index (χ2n) is 9.51. The van der Waals surface area contributed by atoms with Crippen LogP contribution < -0.4 is 0 Å². The molecule has 0 aliphatic rings. The van der Waals surface area contributed by atoms with Gasteiger partial charge < -0.3 is 28.8 Å². The van der Waals surface area contributed by atoms with Crippen molar-refractivity contribution in [2.45, 2.75) is 116 Å². The summed E-state index contributed by atoms with van der Waals surface area (Å²) in [7, 11) is 0. The van der Waals surface area contributed by atoms with E-state index in [0.29, 0.717) is 52.7 Å². The van der Waals surface area contributed by atoms with Crippen LogP contribution in [0.4, 0.5) is 0 Å². The molecule has 0 rings (SSSR count). The first-order chi connectivity index (χ1) is 18.2. The molecule has 0 heterocycles. The largest absolute Gasteiger partial charge is 0.481 e. The van der Waals surface area contributed by atoms with Gasteiger partial charge in [-0.1, -0.05) is 96.8 Å². The van der Waals surface area contributed by atoms with Crippen LogP contribution in [0.15, 0.2) is 0 Å². The quantitative estimate of drug-likeness (QED) is 0.0816. The monoisotopic (exact) mass is 532 g/mol. The summed E-state index contributed by atoms with van der Waals surface area (Å²) in [5.74, 6) is -1.01. The van der Waals surface area contributed by atoms with Crippen molar-refractivity contribution in [3.8, 4) is 0 Å². The number of rotatable bonds is 31. The highest BCUT2D eigenvalue weighted by atomic mass is 16.6. The molecular formula is C29H56O8. The highest BCUT2D eigenvalue weighted by Crippen LogP contribution is 2.13. The number of carboxylic acid groups (broad SMARTS) is 1. The van der Waals surface area contributed by atoms with Gasteiger partial charge in [-0.2, -0.15) is 0 Å². The number of carbonyl (C=O) groups excluding carboxylic acids is 1. The first-order valence-corrected chi connectivity index (χ1v) is 14.8. The molecule has 8 nitrogen and oxygen atoms in total. The molecule has 0 radical (unpaired) electrons. The predicted octanol–water partition coefficient (Wildman–Crippen LogP) is 6.33. The van der Waals surface area contributed by atoms with Crippen molar-refractivity contribution in [3.05, 3.63) is 0 Å². The predicted molar refractivity (Wildman–Crippen MR) is 146 cm³/mol. The number of hydrogen-bond acceptors (Lipinski definition) is 7. The van der Waals surface area contributed by atoms with E-state index in [2.05, 4.69) is 6.92 Å². The van der Waals surface area contributed by atoms with Crippen LogP contribution in [0.5, 0.6) is 0 Å². The minimum Gasteiger partial charge on any atom is -0.481 e. The zero-order valence-electron chi connectivity index (χ0n) is 23.7. The average Bonchev–Trinajstić information content (AvgIpc) is 2.88. The molecule has 0 aliphatic heterocycles. The second-order valence-corrected chi connectivity index (χ2v) is 9.51. The summed E-state index contributed by atoms with van der Waals surface area (Å²) < 4.78 is 26.4. The van der Waals surface area contributed by atoms with E-state index >= 15 is 0 Å². The van der Waals surface area contributed by atoms with Gasteiger partial charge in [0.25, 0.3) is 0 Å². The third-order valence-electron chi connectivity index (χ3n) is 6.05. The topological polar surface area (TPSA) is 101 Å². The van der Waals surface area contributed by atoms with Gasteiger partial charge in [-0.3, -0.25) is 9.59 Å². The van der Waals surface area contributed by atoms with Crippen LogP contribution in [-0.4, -0.2) is 76.5 Å². The summed E-state index contributed by atoms with van der Waals surface area (Å²) in [6, 6.07) is 0. The van der Waals surface area contributed by atoms with E-state index in [0.717, 1.165) is 12.8 Å². The van der Waals surface area contributed by atoms with Crippen molar-refractivity contribution >= 4 is 11.9 Å². The van der Waals surface area contributed by atoms with Crippen LogP contribution in [0.2, 0.25) is 0 Å². The molecule has 0 amide bonds. The van der Waals surface area contributed by atoms with Gasteiger partial charge in [0.1, 0.15) is 6.61 Å². The zero-order chi connectivity index (χ0) is 27.1. The summed E-state index contributed by atoms with van der Waals surface area (Å²) >= 11 is 0. The van der Waals surface area contributed by atoms with Gasteiger partial charge in [0.05, 0.1) is 59.3 Å². The highest BCUT2D eigenvalue weighted by Gasteiger charge is 2.03. The summed E-state index contributed by atoms with van der Waals surface area (Å²) in [4.78, 5) is 22.1. The summed E-state index contributed by atoms with van der Waals surface area (Å²) in [6.07, 6.45) is 20.2. The van der Waals surface area contributed by atoms with Crippen molar-refractivity contribution in [3.63, 3.8) is 0 Å². The summed E-state index contributed by atoms with van der Waals surface area (Å²) in [5, 5.41) is 8.47. The van der Waals surface area contributed by atoms with E-state index in [-0.39, 0.29) is 25.6 Å². The molecule has 0 saturated carbocycles. The fourth-order valence-electron chi connectivity index (χ4n) is 3.85. The first-order valence-electron chi connectivity index (χ1n) is 14.8. The smallest absolute Gasteiger partial charge is 0.305 e. The fourth-order valence-corrected chi connectivity index (χ4v) is 3.85. The Morgan fingerprint density at radius 1 is 0.459 bits per heavy atom. The van der Waals surface area contributed by atoms with Gasteiger partial charge in [-0.05, 0) is 6.42 Å². The molecule has 8 heteroatoms. The molecular weight excluding hydrogens is 476 g/mol. The molecule has 37 heavy (non-hydrogen) atoms. The van der Waals surface area contributed by atoms with Crippen molar-refractivity contribution in [1.82, 2.24) is 0 Å². The van der Waals surface area contributed by atoms with E-state index in [1.54, 1.807) is 0 Å². The van der Waals surface area contributed by atoms with Gasteiger partial charge in [0.2, 0.25) is 0 Å². The van der Waals surface area contributed by atoms with Crippen molar-refractivity contribution in [1.29, 1.82) is 0 Å². The van der Waals surface area contributed by atoms with Gasteiger partial charge >= 0.3 is 11.9 Å². The number of carboxylic acids is 1. The van der Waals surface area contributed by atoms with Crippen LogP contribution in [-0.2, 0) is 33.3 Å². The van der Waals surface area contributed by atoms with Crippen LogP contribution >= 0.6 is 0 Å². The molecule has 0 aromatic rings. The van der Waals surface area contributed by atoms with Gasteiger partial charge in [0, 0.05) is 6.42 Å². The Morgan fingerprint density at radius 3 is 1.22 bits per heavy atom. The highest BCUT2D eigenvalue weighted by molar-refractivity contribution is 5.69. The Hall–Kier alpha value is -1.22. The number of aliphatic carboxylic acids is 1. The molecule has 0 fully saturated rings. The Morgan fingerprint density at radius 2 is 0.811 bits per heavy atom. The van der Waals surface area contributed by atoms with E-state index in [9.17, 15) is 9.59 Å². The molecule has 0 spiro atoms. The van der Waals surface area contributed by atoms with Gasteiger partial charge in [-0.25, -0.2) is 0 Å². The third-order valence-corrected chi connectivity index (χ3v) is 6.05. The van der Waals surface area contributed by atoms with Crippen molar-refractivity contribution in [2.24, 2.45) is 0 Å². The summed E-state index contributed by atoms with van der Waals surface area (Å²) in [6.45, 7) is 5.68. The molecule has 0 aliphatic carbocycles. The standard InChI is InChI=1S/C29H56O8/c1-2-3-4-5-6-7-8-9-10-11-12-13-14-15-16-17-29(32)37-27-26-36-25-24-35-23-22-34-21-20-33-19-18-28(30)31/h2-27H2,1H3,(H,30,31). The van der Waals surface area contributed by atoms with Crippen molar-refractivity contribution in [2.75, 3.05) is 59.5 Å². The first kappa shape index (κ1) is 35.8.